The van der Waals surface area contributed by atoms with E-state index in [4.69, 9.17) is 0 Å². The first-order valence-electron chi connectivity index (χ1n) is 6.92. The highest BCUT2D eigenvalue weighted by Crippen LogP contribution is 2.21. The van der Waals surface area contributed by atoms with Crippen molar-refractivity contribution in [2.75, 3.05) is 33.7 Å². The molecule has 0 radical (unpaired) electrons. The lowest BCUT2D eigenvalue weighted by atomic mass is 10.2. The lowest BCUT2D eigenvalue weighted by Crippen LogP contribution is -2.42. The Morgan fingerprint density at radius 1 is 1.22 bits per heavy atom. The molecule has 0 aliphatic heterocycles. The maximum Gasteiger partial charge on any atom is 0.191 e. The molecule has 1 aliphatic rings. The van der Waals surface area contributed by atoms with Gasteiger partial charge in [-0.3, -0.25) is 4.99 Å². The normalized spacial score (nSPS) is 16.8. The van der Waals surface area contributed by atoms with Crippen LogP contribution in [-0.4, -0.2) is 50.6 Å². The van der Waals surface area contributed by atoms with Gasteiger partial charge in [-0.25, -0.2) is 0 Å². The van der Waals surface area contributed by atoms with Crippen molar-refractivity contribution >= 4 is 29.9 Å². The van der Waals surface area contributed by atoms with Crippen molar-refractivity contribution in [1.29, 1.82) is 0 Å². The topological polar surface area (TPSA) is 39.7 Å². The molecule has 0 unspecified atom stereocenters. The number of hydrogen-bond acceptors (Lipinski definition) is 2. The summed E-state index contributed by atoms with van der Waals surface area (Å²) in [6, 6.07) is 0.808. The third-order valence-electron chi connectivity index (χ3n) is 3.47. The molecule has 0 aromatic heterocycles. The molecule has 0 bridgehead atoms. The monoisotopic (exact) mass is 368 g/mol. The average molecular weight is 368 g/mol. The summed E-state index contributed by atoms with van der Waals surface area (Å²) in [5, 5.41) is 6.64. The molecule has 0 saturated heterocycles. The molecule has 0 spiro atoms. The van der Waals surface area contributed by atoms with Gasteiger partial charge in [0.2, 0.25) is 0 Å². The van der Waals surface area contributed by atoms with Crippen LogP contribution in [0.1, 0.15) is 39.0 Å². The quantitative estimate of drug-likeness (QED) is 0.428. The summed E-state index contributed by atoms with van der Waals surface area (Å²) < 4.78 is 0. The van der Waals surface area contributed by atoms with Gasteiger partial charge in [-0.1, -0.05) is 19.8 Å². The Kier molecular flexibility index (Phi) is 10.8. The predicted molar refractivity (Wildman–Crippen MR) is 90.0 cm³/mol. The van der Waals surface area contributed by atoms with Crippen LogP contribution in [0.4, 0.5) is 0 Å². The first-order chi connectivity index (χ1) is 8.27. The first kappa shape index (κ1) is 18.0. The average Bonchev–Trinajstić information content (AvgIpc) is 2.87. The highest BCUT2D eigenvalue weighted by atomic mass is 127. The fraction of sp³-hybridized carbons (Fsp3) is 0.923. The van der Waals surface area contributed by atoms with Gasteiger partial charge in [0.15, 0.2) is 5.96 Å². The molecule has 108 valence electrons. The van der Waals surface area contributed by atoms with Crippen molar-refractivity contribution in [3.05, 3.63) is 0 Å². The molecule has 1 rings (SSSR count). The van der Waals surface area contributed by atoms with E-state index in [1.54, 1.807) is 0 Å². The standard InChI is InChI=1S/C13H28N4.HI/c1-4-9-15-13(14-2)16-10-11-17(3)12-7-5-6-8-12;/h12H,4-11H2,1-3H3,(H2,14,15,16);1H. The minimum absolute atomic E-state index is 0. The molecule has 0 amide bonds. The summed E-state index contributed by atoms with van der Waals surface area (Å²) in [5.74, 6) is 0.923. The van der Waals surface area contributed by atoms with E-state index in [1.165, 1.54) is 25.7 Å². The lowest BCUT2D eigenvalue weighted by Gasteiger charge is -2.24. The van der Waals surface area contributed by atoms with Gasteiger partial charge < -0.3 is 15.5 Å². The van der Waals surface area contributed by atoms with Gasteiger partial charge in [-0.2, -0.15) is 0 Å². The Bertz CT molecular complexity index is 227. The third kappa shape index (κ3) is 6.78. The first-order valence-corrected chi connectivity index (χ1v) is 6.92. The number of rotatable bonds is 6. The van der Waals surface area contributed by atoms with Crippen LogP contribution >= 0.6 is 24.0 Å². The fourth-order valence-corrected chi connectivity index (χ4v) is 2.34. The van der Waals surface area contributed by atoms with E-state index < -0.39 is 0 Å². The zero-order valence-electron chi connectivity index (χ0n) is 12.0. The molecule has 1 aliphatic carbocycles. The van der Waals surface area contributed by atoms with Crippen LogP contribution in [0.2, 0.25) is 0 Å². The van der Waals surface area contributed by atoms with Crippen molar-refractivity contribution in [3.8, 4) is 0 Å². The van der Waals surface area contributed by atoms with E-state index in [2.05, 4.69) is 34.5 Å². The molecule has 0 aromatic rings. The van der Waals surface area contributed by atoms with Crippen LogP contribution in [0.15, 0.2) is 4.99 Å². The van der Waals surface area contributed by atoms with E-state index in [0.29, 0.717) is 0 Å². The number of likely N-dealkylation sites (N-methyl/N-ethyl adjacent to an activating group) is 1. The van der Waals surface area contributed by atoms with Crippen molar-refractivity contribution in [2.45, 2.75) is 45.1 Å². The van der Waals surface area contributed by atoms with E-state index in [-0.39, 0.29) is 24.0 Å². The number of halogens is 1. The van der Waals surface area contributed by atoms with Gasteiger partial charge in [-0.15, -0.1) is 24.0 Å². The van der Waals surface area contributed by atoms with Gasteiger partial charge in [0.05, 0.1) is 0 Å². The SMILES string of the molecule is CCCNC(=NC)NCCN(C)C1CCCC1.I. The highest BCUT2D eigenvalue weighted by Gasteiger charge is 2.18. The molecule has 4 nitrogen and oxygen atoms in total. The minimum atomic E-state index is 0. The van der Waals surface area contributed by atoms with Crippen molar-refractivity contribution in [2.24, 2.45) is 4.99 Å². The summed E-state index contributed by atoms with van der Waals surface area (Å²) in [6.45, 7) is 5.21. The van der Waals surface area contributed by atoms with Gasteiger partial charge in [0.25, 0.3) is 0 Å². The Morgan fingerprint density at radius 3 is 2.39 bits per heavy atom. The number of hydrogen-bond donors (Lipinski definition) is 2. The number of guanidine groups is 1. The van der Waals surface area contributed by atoms with E-state index in [0.717, 1.165) is 38.1 Å². The Morgan fingerprint density at radius 2 is 1.83 bits per heavy atom. The molecular weight excluding hydrogens is 339 g/mol. The van der Waals surface area contributed by atoms with Crippen LogP contribution in [0.5, 0.6) is 0 Å². The second kappa shape index (κ2) is 10.8. The smallest absolute Gasteiger partial charge is 0.191 e. The molecule has 1 fully saturated rings. The Labute approximate surface area is 129 Å². The predicted octanol–water partition coefficient (Wildman–Crippen LogP) is 2.05. The molecule has 2 N–H and O–H groups in total. The van der Waals surface area contributed by atoms with E-state index in [9.17, 15) is 0 Å². The largest absolute Gasteiger partial charge is 0.356 e. The maximum absolute atomic E-state index is 4.20. The second-order valence-corrected chi connectivity index (χ2v) is 4.84. The Balaban J connectivity index is 0.00000289. The van der Waals surface area contributed by atoms with Crippen LogP contribution < -0.4 is 10.6 Å². The highest BCUT2D eigenvalue weighted by molar-refractivity contribution is 14.0. The molecule has 5 heteroatoms. The maximum atomic E-state index is 4.20. The number of nitrogens with one attached hydrogen (secondary N) is 2. The van der Waals surface area contributed by atoms with Crippen LogP contribution in [0, 0.1) is 0 Å². The van der Waals surface area contributed by atoms with Gasteiger partial charge in [0.1, 0.15) is 0 Å². The second-order valence-electron chi connectivity index (χ2n) is 4.84. The van der Waals surface area contributed by atoms with Crippen LogP contribution in [-0.2, 0) is 0 Å². The molecule has 0 atom stereocenters. The summed E-state index contributed by atoms with van der Waals surface area (Å²) in [6.07, 6.45) is 6.69. The molecule has 0 aromatic carbocycles. The summed E-state index contributed by atoms with van der Waals surface area (Å²) >= 11 is 0. The Hall–Kier alpha value is -0.0400. The minimum Gasteiger partial charge on any atom is -0.356 e. The summed E-state index contributed by atoms with van der Waals surface area (Å²) in [4.78, 5) is 6.68. The molecule has 0 heterocycles. The van der Waals surface area contributed by atoms with Crippen molar-refractivity contribution < 1.29 is 0 Å². The number of nitrogens with zero attached hydrogens (tertiary/aromatic N) is 2. The fourth-order valence-electron chi connectivity index (χ4n) is 2.34. The summed E-state index contributed by atoms with van der Waals surface area (Å²) in [7, 11) is 4.06. The van der Waals surface area contributed by atoms with Gasteiger partial charge in [0, 0.05) is 32.7 Å². The zero-order valence-corrected chi connectivity index (χ0v) is 14.4. The van der Waals surface area contributed by atoms with Crippen molar-refractivity contribution in [3.63, 3.8) is 0 Å². The van der Waals surface area contributed by atoms with Crippen LogP contribution in [0.25, 0.3) is 0 Å². The van der Waals surface area contributed by atoms with Gasteiger partial charge in [-0.05, 0) is 26.3 Å². The zero-order chi connectivity index (χ0) is 12.5. The molecular formula is C13H29IN4. The van der Waals surface area contributed by atoms with E-state index >= 15 is 0 Å². The van der Waals surface area contributed by atoms with Gasteiger partial charge >= 0.3 is 0 Å². The van der Waals surface area contributed by atoms with Crippen LogP contribution in [0.3, 0.4) is 0 Å². The number of aliphatic imine (C=N–C) groups is 1. The third-order valence-corrected chi connectivity index (χ3v) is 3.47. The molecule has 1 saturated carbocycles. The molecule has 18 heavy (non-hydrogen) atoms. The van der Waals surface area contributed by atoms with Crippen molar-refractivity contribution in [1.82, 2.24) is 15.5 Å². The lowest BCUT2D eigenvalue weighted by molar-refractivity contribution is 0.249. The summed E-state index contributed by atoms with van der Waals surface area (Å²) in [5.41, 5.74) is 0. The van der Waals surface area contributed by atoms with E-state index in [1.807, 2.05) is 7.05 Å².